The summed E-state index contributed by atoms with van der Waals surface area (Å²) in [5.41, 5.74) is 7.02. The molecule has 0 amide bonds. The highest BCUT2D eigenvalue weighted by atomic mass is 19.1. The maximum atomic E-state index is 13.8. The Kier molecular flexibility index (Phi) is 3.91. The highest BCUT2D eigenvalue weighted by Crippen LogP contribution is 2.36. The van der Waals surface area contributed by atoms with Crippen molar-refractivity contribution in [1.29, 1.82) is 0 Å². The predicted octanol–water partition coefficient (Wildman–Crippen LogP) is 3.59. The quantitative estimate of drug-likeness (QED) is 0.815. The van der Waals surface area contributed by atoms with Crippen LogP contribution in [0.4, 0.5) is 4.39 Å². The van der Waals surface area contributed by atoms with Crippen LogP contribution >= 0.6 is 0 Å². The second-order valence-electron chi connectivity index (χ2n) is 5.54. The minimum Gasteiger partial charge on any atom is -0.494 e. The molecule has 100 valence electrons. The molecular formula is C15H22FNO. The summed E-state index contributed by atoms with van der Waals surface area (Å²) in [5.74, 6) is 0.681. The minimum atomic E-state index is -0.377. The molecule has 2 rings (SSSR count). The van der Waals surface area contributed by atoms with E-state index >= 15 is 0 Å². The number of halogens is 1. The Balaban J connectivity index is 2.26. The average molecular weight is 251 g/mol. The van der Waals surface area contributed by atoms with Gasteiger partial charge in [0.25, 0.3) is 0 Å². The van der Waals surface area contributed by atoms with Gasteiger partial charge in [-0.15, -0.1) is 0 Å². The monoisotopic (exact) mass is 251 g/mol. The highest BCUT2D eigenvalue weighted by Gasteiger charge is 2.30. The molecule has 0 bridgehead atoms. The number of hydrogen-bond donors (Lipinski definition) is 1. The van der Waals surface area contributed by atoms with Crippen LogP contribution in [0.2, 0.25) is 0 Å². The Bertz CT molecular complexity index is 421. The first-order valence-corrected chi connectivity index (χ1v) is 6.68. The maximum Gasteiger partial charge on any atom is 0.165 e. The van der Waals surface area contributed by atoms with E-state index in [1.165, 1.54) is 19.6 Å². The molecule has 2 unspecified atom stereocenters. The largest absolute Gasteiger partial charge is 0.494 e. The van der Waals surface area contributed by atoms with Crippen molar-refractivity contribution in [3.63, 3.8) is 0 Å². The molecule has 1 aromatic rings. The van der Waals surface area contributed by atoms with E-state index in [1.54, 1.807) is 6.07 Å². The molecule has 1 fully saturated rings. The summed E-state index contributed by atoms with van der Waals surface area (Å²) in [6.45, 7) is 2.26. The Hall–Kier alpha value is -1.09. The second-order valence-corrected chi connectivity index (χ2v) is 5.54. The Morgan fingerprint density at radius 2 is 2.11 bits per heavy atom. The Labute approximate surface area is 108 Å². The normalized spacial score (nSPS) is 28.8. The van der Waals surface area contributed by atoms with Crippen LogP contribution in [0, 0.1) is 11.7 Å². The predicted molar refractivity (Wildman–Crippen MR) is 71.1 cm³/mol. The van der Waals surface area contributed by atoms with E-state index in [0.717, 1.165) is 37.2 Å². The third-order valence-corrected chi connectivity index (χ3v) is 4.13. The zero-order valence-electron chi connectivity index (χ0n) is 11.2. The molecule has 0 saturated heterocycles. The van der Waals surface area contributed by atoms with Crippen LogP contribution in [0.15, 0.2) is 18.2 Å². The van der Waals surface area contributed by atoms with Crippen LogP contribution < -0.4 is 10.5 Å². The van der Waals surface area contributed by atoms with Crippen LogP contribution in [0.25, 0.3) is 0 Å². The van der Waals surface area contributed by atoms with Gasteiger partial charge in [-0.05, 0) is 42.9 Å². The van der Waals surface area contributed by atoms with Gasteiger partial charge in [0.1, 0.15) is 0 Å². The van der Waals surface area contributed by atoms with Gasteiger partial charge in [-0.3, -0.25) is 0 Å². The number of benzene rings is 1. The van der Waals surface area contributed by atoms with E-state index in [0.29, 0.717) is 0 Å². The molecule has 0 radical (unpaired) electrons. The first kappa shape index (κ1) is 13.3. The zero-order valence-corrected chi connectivity index (χ0v) is 11.2. The van der Waals surface area contributed by atoms with E-state index in [4.69, 9.17) is 10.5 Å². The van der Waals surface area contributed by atoms with Crippen molar-refractivity contribution in [3.05, 3.63) is 29.6 Å². The number of nitrogens with two attached hydrogens (primary N) is 1. The summed E-state index contributed by atoms with van der Waals surface area (Å²) in [4.78, 5) is 0. The van der Waals surface area contributed by atoms with Crippen molar-refractivity contribution >= 4 is 0 Å². The lowest BCUT2D eigenvalue weighted by molar-refractivity contribution is 0.367. The molecule has 2 nitrogen and oxygen atoms in total. The number of ether oxygens (including phenoxy) is 1. The van der Waals surface area contributed by atoms with Gasteiger partial charge in [0, 0.05) is 5.54 Å². The zero-order chi connectivity index (χ0) is 13.2. The van der Waals surface area contributed by atoms with Crippen LogP contribution in [-0.4, -0.2) is 7.11 Å². The van der Waals surface area contributed by atoms with E-state index in [9.17, 15) is 4.39 Å². The third kappa shape index (κ3) is 2.66. The fourth-order valence-corrected chi connectivity index (χ4v) is 2.80. The molecule has 0 spiro atoms. The summed E-state index contributed by atoms with van der Waals surface area (Å²) >= 11 is 0. The standard InChI is InChI=1S/C15H22FNO/c1-11-4-3-8-15(17,9-7-11)12-5-6-14(18-2)13(16)10-12/h5-6,10-11H,3-4,7-9,17H2,1-2H3. The van der Waals surface area contributed by atoms with Gasteiger partial charge < -0.3 is 10.5 Å². The van der Waals surface area contributed by atoms with E-state index < -0.39 is 0 Å². The molecule has 0 heterocycles. The number of methoxy groups -OCH3 is 1. The van der Waals surface area contributed by atoms with Gasteiger partial charge in [0.2, 0.25) is 0 Å². The summed E-state index contributed by atoms with van der Waals surface area (Å²) in [6.07, 6.45) is 5.32. The van der Waals surface area contributed by atoms with Crippen LogP contribution in [-0.2, 0) is 5.54 Å². The van der Waals surface area contributed by atoms with Gasteiger partial charge in [-0.1, -0.05) is 25.8 Å². The molecule has 1 aromatic carbocycles. The molecular weight excluding hydrogens is 229 g/mol. The van der Waals surface area contributed by atoms with Gasteiger partial charge in [-0.2, -0.15) is 0 Å². The fourth-order valence-electron chi connectivity index (χ4n) is 2.80. The molecule has 1 aliphatic carbocycles. The highest BCUT2D eigenvalue weighted by molar-refractivity contribution is 5.33. The third-order valence-electron chi connectivity index (χ3n) is 4.13. The van der Waals surface area contributed by atoms with E-state index in [-0.39, 0.29) is 17.1 Å². The van der Waals surface area contributed by atoms with Crippen molar-refractivity contribution < 1.29 is 9.13 Å². The molecule has 2 atom stereocenters. The molecule has 0 aromatic heterocycles. The topological polar surface area (TPSA) is 35.2 Å². The van der Waals surface area contributed by atoms with Crippen molar-refractivity contribution in [2.24, 2.45) is 11.7 Å². The lowest BCUT2D eigenvalue weighted by atomic mass is 9.83. The fraction of sp³-hybridized carbons (Fsp3) is 0.600. The first-order valence-electron chi connectivity index (χ1n) is 6.68. The molecule has 1 aliphatic rings. The van der Waals surface area contributed by atoms with Crippen LogP contribution in [0.5, 0.6) is 5.75 Å². The molecule has 3 heteroatoms. The van der Waals surface area contributed by atoms with Gasteiger partial charge in [-0.25, -0.2) is 4.39 Å². The maximum absolute atomic E-state index is 13.8. The summed E-state index contributed by atoms with van der Waals surface area (Å²) < 4.78 is 18.7. The van der Waals surface area contributed by atoms with Gasteiger partial charge >= 0.3 is 0 Å². The average Bonchev–Trinajstić information content (AvgIpc) is 2.52. The lowest BCUT2D eigenvalue weighted by Gasteiger charge is -2.29. The summed E-state index contributed by atoms with van der Waals surface area (Å²) in [6, 6.07) is 5.11. The minimum absolute atomic E-state index is 0.282. The Morgan fingerprint density at radius 3 is 2.78 bits per heavy atom. The second kappa shape index (κ2) is 5.27. The van der Waals surface area contributed by atoms with Crippen molar-refractivity contribution in [2.75, 3.05) is 7.11 Å². The summed E-state index contributed by atoms with van der Waals surface area (Å²) in [5, 5.41) is 0. The van der Waals surface area contributed by atoms with E-state index in [2.05, 4.69) is 6.92 Å². The molecule has 1 saturated carbocycles. The SMILES string of the molecule is COc1ccc(C2(N)CCCC(C)CC2)cc1F. The first-order chi connectivity index (χ1) is 8.55. The van der Waals surface area contributed by atoms with Crippen molar-refractivity contribution in [1.82, 2.24) is 0 Å². The van der Waals surface area contributed by atoms with E-state index in [1.807, 2.05) is 6.07 Å². The number of rotatable bonds is 2. The lowest BCUT2D eigenvalue weighted by Crippen LogP contribution is -2.36. The van der Waals surface area contributed by atoms with Crippen LogP contribution in [0.1, 0.15) is 44.6 Å². The number of hydrogen-bond acceptors (Lipinski definition) is 2. The molecule has 0 aliphatic heterocycles. The van der Waals surface area contributed by atoms with Gasteiger partial charge in [0.05, 0.1) is 7.11 Å². The van der Waals surface area contributed by atoms with Crippen molar-refractivity contribution in [2.45, 2.75) is 44.6 Å². The Morgan fingerprint density at radius 1 is 1.33 bits per heavy atom. The smallest absolute Gasteiger partial charge is 0.165 e. The van der Waals surface area contributed by atoms with Crippen LogP contribution in [0.3, 0.4) is 0 Å². The molecule has 18 heavy (non-hydrogen) atoms. The van der Waals surface area contributed by atoms with Gasteiger partial charge in [0.15, 0.2) is 11.6 Å². The molecule has 2 N–H and O–H groups in total. The summed E-state index contributed by atoms with van der Waals surface area (Å²) in [7, 11) is 1.48. The van der Waals surface area contributed by atoms with Crippen molar-refractivity contribution in [3.8, 4) is 5.75 Å².